The molecule has 2 amide bonds. The molecule has 0 unspecified atom stereocenters. The Hall–Kier alpha value is -3.68. The van der Waals surface area contributed by atoms with E-state index in [1.807, 2.05) is 0 Å². The highest BCUT2D eigenvalue weighted by atomic mass is 16.5. The van der Waals surface area contributed by atoms with Crippen molar-refractivity contribution < 1.29 is 28.7 Å². The maximum atomic E-state index is 12.1. The molecule has 2 N–H and O–H groups in total. The molecular formula is C19H16N2O6. The van der Waals surface area contributed by atoms with Crippen LogP contribution in [0.2, 0.25) is 0 Å². The molecule has 0 fully saturated rings. The lowest BCUT2D eigenvalue weighted by Gasteiger charge is -2.18. The van der Waals surface area contributed by atoms with Crippen molar-refractivity contribution >= 4 is 34.9 Å². The minimum absolute atomic E-state index is 0.122. The van der Waals surface area contributed by atoms with Gasteiger partial charge in [0, 0.05) is 11.3 Å². The average Bonchev–Trinajstić information content (AvgIpc) is 2.65. The van der Waals surface area contributed by atoms with E-state index in [1.54, 1.807) is 18.2 Å². The van der Waals surface area contributed by atoms with Gasteiger partial charge in [0.15, 0.2) is 19.0 Å². The number of carbonyl (C=O) groups excluding carboxylic acids is 4. The van der Waals surface area contributed by atoms with E-state index in [1.165, 1.54) is 31.2 Å². The number of esters is 1. The van der Waals surface area contributed by atoms with Crippen LogP contribution in [0.3, 0.4) is 0 Å². The molecule has 1 aliphatic heterocycles. The lowest BCUT2D eigenvalue weighted by molar-refractivity contribution is -0.119. The van der Waals surface area contributed by atoms with Crippen LogP contribution in [0.4, 0.5) is 11.4 Å². The smallest absolute Gasteiger partial charge is 0.338 e. The second-order valence-corrected chi connectivity index (χ2v) is 5.81. The van der Waals surface area contributed by atoms with Crippen molar-refractivity contribution in [3.63, 3.8) is 0 Å². The number of amides is 2. The molecule has 1 heterocycles. The SMILES string of the molecule is CC(=O)c1cccc(NC(=O)COC(=O)c2ccc3c(c2)OCC(=O)N3)c1. The molecule has 8 heteroatoms. The lowest BCUT2D eigenvalue weighted by atomic mass is 10.1. The zero-order valence-electron chi connectivity index (χ0n) is 14.4. The number of rotatable bonds is 5. The Morgan fingerprint density at radius 2 is 1.96 bits per heavy atom. The summed E-state index contributed by atoms with van der Waals surface area (Å²) in [5.41, 5.74) is 1.55. The number of hydrogen-bond donors (Lipinski definition) is 2. The highest BCUT2D eigenvalue weighted by molar-refractivity contribution is 5.99. The van der Waals surface area contributed by atoms with Crippen LogP contribution in [-0.2, 0) is 14.3 Å². The predicted molar refractivity (Wildman–Crippen MR) is 95.9 cm³/mol. The van der Waals surface area contributed by atoms with E-state index in [9.17, 15) is 19.2 Å². The van der Waals surface area contributed by atoms with Gasteiger partial charge in [0.2, 0.25) is 0 Å². The van der Waals surface area contributed by atoms with Gasteiger partial charge in [-0.15, -0.1) is 0 Å². The third-order valence-corrected chi connectivity index (χ3v) is 3.74. The summed E-state index contributed by atoms with van der Waals surface area (Å²) in [6.07, 6.45) is 0. The van der Waals surface area contributed by atoms with Gasteiger partial charge in [0.1, 0.15) is 5.75 Å². The largest absolute Gasteiger partial charge is 0.482 e. The molecule has 0 atom stereocenters. The van der Waals surface area contributed by atoms with Gasteiger partial charge in [-0.1, -0.05) is 12.1 Å². The number of anilines is 2. The Morgan fingerprint density at radius 1 is 1.15 bits per heavy atom. The molecule has 0 spiro atoms. The second kappa shape index (κ2) is 7.69. The van der Waals surface area contributed by atoms with Crippen molar-refractivity contribution in [3.8, 4) is 5.75 Å². The summed E-state index contributed by atoms with van der Waals surface area (Å²) in [4.78, 5) is 46.7. The highest BCUT2D eigenvalue weighted by Crippen LogP contribution is 2.28. The van der Waals surface area contributed by atoms with Crippen LogP contribution in [0.25, 0.3) is 0 Å². The van der Waals surface area contributed by atoms with Crippen molar-refractivity contribution in [3.05, 3.63) is 53.6 Å². The molecule has 1 aliphatic rings. The Balaban J connectivity index is 1.57. The fourth-order valence-corrected chi connectivity index (χ4v) is 2.43. The Kier molecular flexibility index (Phi) is 5.16. The summed E-state index contributed by atoms with van der Waals surface area (Å²) in [6, 6.07) is 10.9. The molecule has 138 valence electrons. The van der Waals surface area contributed by atoms with Crippen LogP contribution in [0.15, 0.2) is 42.5 Å². The Bertz CT molecular complexity index is 938. The first-order valence-electron chi connectivity index (χ1n) is 8.07. The summed E-state index contributed by atoms with van der Waals surface area (Å²) < 4.78 is 10.2. The lowest BCUT2D eigenvalue weighted by Crippen LogP contribution is -2.25. The maximum Gasteiger partial charge on any atom is 0.338 e. The molecule has 0 saturated heterocycles. The van der Waals surface area contributed by atoms with Gasteiger partial charge in [-0.25, -0.2) is 4.79 Å². The van der Waals surface area contributed by atoms with Crippen LogP contribution < -0.4 is 15.4 Å². The number of nitrogens with one attached hydrogen (secondary N) is 2. The van der Waals surface area contributed by atoms with Crippen molar-refractivity contribution in [1.82, 2.24) is 0 Å². The minimum atomic E-state index is -0.703. The molecular weight excluding hydrogens is 352 g/mol. The van der Waals surface area contributed by atoms with Crippen molar-refractivity contribution in [2.45, 2.75) is 6.92 Å². The van der Waals surface area contributed by atoms with Crippen molar-refractivity contribution in [2.24, 2.45) is 0 Å². The first-order chi connectivity index (χ1) is 12.9. The van der Waals surface area contributed by atoms with Crippen LogP contribution in [0, 0.1) is 0 Å². The predicted octanol–water partition coefficient (Wildman–Crippen LogP) is 2.02. The van der Waals surface area contributed by atoms with Crippen LogP contribution in [0.5, 0.6) is 5.75 Å². The Labute approximate surface area is 154 Å². The van der Waals surface area contributed by atoms with Crippen LogP contribution >= 0.6 is 0 Å². The third kappa shape index (κ3) is 4.49. The van der Waals surface area contributed by atoms with E-state index in [0.29, 0.717) is 22.7 Å². The number of fused-ring (bicyclic) bond motifs is 1. The van der Waals surface area contributed by atoms with Gasteiger partial charge in [-0.3, -0.25) is 14.4 Å². The number of ether oxygens (including phenoxy) is 2. The Morgan fingerprint density at radius 3 is 2.74 bits per heavy atom. The number of Topliss-reactive ketones (excluding diaryl/α,β-unsaturated/α-hetero) is 1. The minimum Gasteiger partial charge on any atom is -0.482 e. The second-order valence-electron chi connectivity index (χ2n) is 5.81. The standard InChI is InChI=1S/C19H16N2O6/c1-11(22)12-3-2-4-14(7-12)20-17(23)10-27-19(25)13-5-6-15-16(8-13)26-9-18(24)21-15/h2-8H,9-10H2,1H3,(H,20,23)(H,21,24). The quantitative estimate of drug-likeness (QED) is 0.617. The van der Waals surface area contributed by atoms with Crippen LogP contribution in [-0.4, -0.2) is 36.8 Å². The normalized spacial score (nSPS) is 12.3. The number of benzene rings is 2. The average molecular weight is 368 g/mol. The van der Waals surface area contributed by atoms with Crippen molar-refractivity contribution in [2.75, 3.05) is 23.8 Å². The number of ketones is 1. The molecule has 27 heavy (non-hydrogen) atoms. The summed E-state index contributed by atoms with van der Waals surface area (Å²) >= 11 is 0. The molecule has 2 aromatic carbocycles. The summed E-state index contributed by atoms with van der Waals surface area (Å²) in [6.45, 7) is 0.807. The topological polar surface area (TPSA) is 111 Å². The summed E-state index contributed by atoms with van der Waals surface area (Å²) in [7, 11) is 0. The highest BCUT2D eigenvalue weighted by Gasteiger charge is 2.19. The van der Waals surface area contributed by atoms with Crippen molar-refractivity contribution in [1.29, 1.82) is 0 Å². The van der Waals surface area contributed by atoms with E-state index in [2.05, 4.69) is 10.6 Å². The molecule has 0 radical (unpaired) electrons. The number of carbonyl (C=O) groups is 4. The summed E-state index contributed by atoms with van der Waals surface area (Å²) in [5, 5.41) is 5.17. The first-order valence-corrected chi connectivity index (χ1v) is 8.07. The first kappa shape index (κ1) is 18.1. The fourth-order valence-electron chi connectivity index (χ4n) is 2.43. The van der Waals surface area contributed by atoms with Gasteiger partial charge in [-0.2, -0.15) is 0 Å². The zero-order chi connectivity index (χ0) is 19.4. The third-order valence-electron chi connectivity index (χ3n) is 3.74. The monoisotopic (exact) mass is 368 g/mol. The summed E-state index contributed by atoms with van der Waals surface area (Å²) in [5.74, 6) is -1.28. The maximum absolute atomic E-state index is 12.1. The molecule has 0 saturated carbocycles. The van der Waals surface area contributed by atoms with E-state index in [-0.39, 0.29) is 23.9 Å². The van der Waals surface area contributed by atoms with Gasteiger partial charge < -0.3 is 20.1 Å². The molecule has 3 rings (SSSR count). The molecule has 2 aromatic rings. The molecule has 0 aliphatic carbocycles. The van der Waals surface area contributed by atoms with E-state index >= 15 is 0 Å². The molecule has 0 aromatic heterocycles. The molecule has 8 nitrogen and oxygen atoms in total. The zero-order valence-corrected chi connectivity index (χ0v) is 14.4. The van der Waals surface area contributed by atoms with E-state index in [4.69, 9.17) is 9.47 Å². The number of hydrogen-bond acceptors (Lipinski definition) is 6. The van der Waals surface area contributed by atoms with Gasteiger partial charge in [0.05, 0.1) is 11.3 Å². The molecule has 0 bridgehead atoms. The van der Waals surface area contributed by atoms with Gasteiger partial charge >= 0.3 is 5.97 Å². The van der Waals surface area contributed by atoms with E-state index in [0.717, 1.165) is 0 Å². The van der Waals surface area contributed by atoms with Crippen LogP contribution in [0.1, 0.15) is 27.6 Å². The van der Waals surface area contributed by atoms with Gasteiger partial charge in [0.25, 0.3) is 11.8 Å². The van der Waals surface area contributed by atoms with Gasteiger partial charge in [-0.05, 0) is 37.3 Å². The fraction of sp³-hybridized carbons (Fsp3) is 0.158. The van der Waals surface area contributed by atoms with E-state index < -0.39 is 18.5 Å².